The molecule has 0 aliphatic rings. The molecule has 66 valence electrons. The maximum absolute atomic E-state index is 8.26. The summed E-state index contributed by atoms with van der Waals surface area (Å²) >= 11 is 0. The lowest BCUT2D eigenvalue weighted by Gasteiger charge is -1.99. The number of allylic oxidation sites excluding steroid dienone is 2. The molecule has 1 aromatic rings. The number of hydrogen-bond donors (Lipinski definition) is 0. The van der Waals surface area contributed by atoms with E-state index in [1.807, 2.05) is 43.3 Å². The van der Waals surface area contributed by atoms with Gasteiger partial charge in [-0.3, -0.25) is 0 Å². The van der Waals surface area contributed by atoms with Crippen molar-refractivity contribution in [3.8, 4) is 0 Å². The molecule has 13 heavy (non-hydrogen) atoms. The van der Waals surface area contributed by atoms with Gasteiger partial charge in [0, 0.05) is 10.6 Å². The van der Waals surface area contributed by atoms with Crippen LogP contribution < -0.4 is 0 Å². The van der Waals surface area contributed by atoms with Gasteiger partial charge in [-0.2, -0.15) is 0 Å². The molecule has 0 atom stereocenters. The van der Waals surface area contributed by atoms with Crippen LogP contribution >= 0.6 is 0 Å². The van der Waals surface area contributed by atoms with Crippen molar-refractivity contribution in [3.05, 3.63) is 58.1 Å². The van der Waals surface area contributed by atoms with Crippen LogP contribution in [-0.2, 0) is 6.42 Å². The molecule has 0 heterocycles. The van der Waals surface area contributed by atoms with E-state index in [4.69, 9.17) is 5.53 Å². The summed E-state index contributed by atoms with van der Waals surface area (Å²) in [6.07, 6.45) is 2.52. The number of hydrogen-bond acceptors (Lipinski definition) is 1. The van der Waals surface area contributed by atoms with Crippen molar-refractivity contribution in [1.82, 2.24) is 0 Å². The Balaban J connectivity index is 2.74. The van der Waals surface area contributed by atoms with E-state index in [0.29, 0.717) is 6.42 Å². The Morgan fingerprint density at radius 3 is 2.69 bits per heavy atom. The highest BCUT2D eigenvalue weighted by atomic mass is 15.1. The minimum atomic E-state index is 0.696. The number of rotatable bonds is 3. The highest BCUT2D eigenvalue weighted by Gasteiger charge is 1.94. The smallest absolute Gasteiger partial charge is 0.0152 e. The van der Waals surface area contributed by atoms with E-state index in [1.165, 1.54) is 0 Å². The highest BCUT2D eigenvalue weighted by molar-refractivity contribution is 5.20. The van der Waals surface area contributed by atoms with Gasteiger partial charge in [-0.05, 0) is 24.4 Å². The Labute approximate surface area is 77.3 Å². The fourth-order valence-corrected chi connectivity index (χ4v) is 1.06. The average Bonchev–Trinajstić information content (AvgIpc) is 2.19. The van der Waals surface area contributed by atoms with Crippen LogP contribution in [0.1, 0.15) is 12.5 Å². The zero-order valence-corrected chi connectivity index (χ0v) is 7.51. The molecule has 3 nitrogen and oxygen atoms in total. The second kappa shape index (κ2) is 5.01. The van der Waals surface area contributed by atoms with Gasteiger partial charge >= 0.3 is 0 Å². The Kier molecular flexibility index (Phi) is 3.61. The first-order valence-corrected chi connectivity index (χ1v) is 4.11. The van der Waals surface area contributed by atoms with Crippen molar-refractivity contribution in [3.63, 3.8) is 0 Å². The molecule has 3 heteroatoms. The molecule has 0 bridgehead atoms. The standard InChI is InChI=1S/C10H11N3/c1-2-10(12-13-11)8-9-6-4-3-5-7-9/h2-7H,8H2,1H3/b10-2+. The molecule has 0 aliphatic heterocycles. The van der Waals surface area contributed by atoms with Gasteiger partial charge in [-0.1, -0.05) is 41.5 Å². The monoisotopic (exact) mass is 173 g/mol. The first-order valence-electron chi connectivity index (χ1n) is 4.11. The van der Waals surface area contributed by atoms with Crippen LogP contribution in [0.2, 0.25) is 0 Å². The molecule has 0 amide bonds. The maximum atomic E-state index is 8.26. The minimum Gasteiger partial charge on any atom is -0.0818 e. The molecule has 0 fully saturated rings. The average molecular weight is 173 g/mol. The summed E-state index contributed by atoms with van der Waals surface area (Å²) in [4.78, 5) is 2.76. The number of benzene rings is 1. The largest absolute Gasteiger partial charge is 0.0818 e. The summed E-state index contributed by atoms with van der Waals surface area (Å²) in [5.74, 6) is 0. The second-order valence-corrected chi connectivity index (χ2v) is 2.63. The van der Waals surface area contributed by atoms with Crippen LogP contribution in [0, 0.1) is 0 Å². The van der Waals surface area contributed by atoms with E-state index >= 15 is 0 Å². The minimum absolute atomic E-state index is 0.696. The van der Waals surface area contributed by atoms with Gasteiger partial charge in [0.2, 0.25) is 0 Å². The van der Waals surface area contributed by atoms with Crippen LogP contribution in [0.25, 0.3) is 10.4 Å². The van der Waals surface area contributed by atoms with Gasteiger partial charge in [0.25, 0.3) is 0 Å². The van der Waals surface area contributed by atoms with E-state index in [1.54, 1.807) is 0 Å². The lowest BCUT2D eigenvalue weighted by molar-refractivity contribution is 1.09. The molecule has 1 rings (SSSR count). The Morgan fingerprint density at radius 1 is 1.46 bits per heavy atom. The first-order chi connectivity index (χ1) is 6.36. The fourth-order valence-electron chi connectivity index (χ4n) is 1.06. The molecular formula is C10H11N3. The topological polar surface area (TPSA) is 48.8 Å². The first kappa shape index (κ1) is 9.36. The lowest BCUT2D eigenvalue weighted by Crippen LogP contribution is -1.85. The van der Waals surface area contributed by atoms with E-state index in [9.17, 15) is 0 Å². The van der Waals surface area contributed by atoms with Crippen molar-refractivity contribution < 1.29 is 0 Å². The number of nitrogens with zero attached hydrogens (tertiary/aromatic N) is 3. The van der Waals surface area contributed by atoms with Gasteiger partial charge in [0.15, 0.2) is 0 Å². The van der Waals surface area contributed by atoms with Crippen molar-refractivity contribution in [2.45, 2.75) is 13.3 Å². The third-order valence-electron chi connectivity index (χ3n) is 1.73. The zero-order chi connectivity index (χ0) is 9.52. The second-order valence-electron chi connectivity index (χ2n) is 2.63. The Hall–Kier alpha value is -1.73. The molecule has 0 spiro atoms. The van der Waals surface area contributed by atoms with Crippen molar-refractivity contribution in [2.24, 2.45) is 5.11 Å². The van der Waals surface area contributed by atoms with Crippen LogP contribution in [0.5, 0.6) is 0 Å². The normalized spacial score (nSPS) is 10.7. The molecule has 0 N–H and O–H groups in total. The molecular weight excluding hydrogens is 162 g/mol. The quantitative estimate of drug-likeness (QED) is 0.382. The summed E-state index contributed by atoms with van der Waals surface area (Å²) in [5.41, 5.74) is 10.2. The SMILES string of the molecule is C/C=C(\Cc1ccccc1)N=[N+]=[N-]. The Morgan fingerprint density at radius 2 is 2.15 bits per heavy atom. The van der Waals surface area contributed by atoms with Gasteiger partial charge in [0.1, 0.15) is 0 Å². The van der Waals surface area contributed by atoms with E-state index in [0.717, 1.165) is 11.3 Å². The van der Waals surface area contributed by atoms with Crippen LogP contribution in [0.15, 0.2) is 47.2 Å². The zero-order valence-electron chi connectivity index (χ0n) is 7.51. The van der Waals surface area contributed by atoms with E-state index in [-0.39, 0.29) is 0 Å². The van der Waals surface area contributed by atoms with Crippen molar-refractivity contribution >= 4 is 0 Å². The molecule has 0 saturated carbocycles. The van der Waals surface area contributed by atoms with E-state index < -0.39 is 0 Å². The third-order valence-corrected chi connectivity index (χ3v) is 1.73. The molecule has 1 aromatic carbocycles. The van der Waals surface area contributed by atoms with Crippen LogP contribution in [0.4, 0.5) is 0 Å². The summed E-state index contributed by atoms with van der Waals surface area (Å²) in [7, 11) is 0. The highest BCUT2D eigenvalue weighted by Crippen LogP contribution is 2.08. The molecule has 0 aromatic heterocycles. The van der Waals surface area contributed by atoms with Crippen molar-refractivity contribution in [1.29, 1.82) is 0 Å². The van der Waals surface area contributed by atoms with Crippen molar-refractivity contribution in [2.75, 3.05) is 0 Å². The van der Waals surface area contributed by atoms with Crippen LogP contribution in [-0.4, -0.2) is 0 Å². The Bertz CT molecular complexity index is 334. The predicted molar refractivity (Wildman–Crippen MR) is 53.0 cm³/mol. The maximum Gasteiger partial charge on any atom is 0.0152 e. The summed E-state index contributed by atoms with van der Waals surface area (Å²) in [5, 5.41) is 3.58. The molecule has 0 unspecified atom stereocenters. The fraction of sp³-hybridized carbons (Fsp3) is 0.200. The lowest BCUT2D eigenvalue weighted by atomic mass is 10.1. The predicted octanol–water partition coefficient (Wildman–Crippen LogP) is 3.44. The van der Waals surface area contributed by atoms with Crippen LogP contribution in [0.3, 0.4) is 0 Å². The van der Waals surface area contributed by atoms with Gasteiger partial charge in [0.05, 0.1) is 0 Å². The molecule has 0 radical (unpaired) electrons. The van der Waals surface area contributed by atoms with Gasteiger partial charge in [-0.25, -0.2) is 0 Å². The third kappa shape index (κ3) is 3.01. The van der Waals surface area contributed by atoms with E-state index in [2.05, 4.69) is 10.0 Å². The molecule has 0 saturated heterocycles. The summed E-state index contributed by atoms with van der Waals surface area (Å²) in [6, 6.07) is 9.93. The van der Waals surface area contributed by atoms with Gasteiger partial charge < -0.3 is 0 Å². The summed E-state index contributed by atoms with van der Waals surface area (Å²) < 4.78 is 0. The van der Waals surface area contributed by atoms with Gasteiger partial charge in [-0.15, -0.1) is 0 Å². The molecule has 0 aliphatic carbocycles. The summed E-state index contributed by atoms with van der Waals surface area (Å²) in [6.45, 7) is 1.87. The number of azide groups is 1.